The van der Waals surface area contributed by atoms with Crippen LogP contribution in [-0.2, 0) is 0 Å². The Morgan fingerprint density at radius 1 is 1.58 bits per heavy atom. The van der Waals surface area contributed by atoms with E-state index in [1.807, 2.05) is 30.8 Å². The van der Waals surface area contributed by atoms with Gasteiger partial charge >= 0.3 is 0 Å². The van der Waals surface area contributed by atoms with Crippen LogP contribution in [0.2, 0.25) is 0 Å². The predicted octanol–water partition coefficient (Wildman–Crippen LogP) is 1.57. The molecular formula is C15H17NO2S. The van der Waals surface area contributed by atoms with Gasteiger partial charge in [0, 0.05) is 22.9 Å². The van der Waals surface area contributed by atoms with Gasteiger partial charge in [-0.1, -0.05) is 11.8 Å². The lowest BCUT2D eigenvalue weighted by Gasteiger charge is -2.11. The summed E-state index contributed by atoms with van der Waals surface area (Å²) in [6.07, 6.45) is 1.05. The maximum Gasteiger partial charge on any atom is 0.251 e. The second-order valence-electron chi connectivity index (χ2n) is 4.52. The van der Waals surface area contributed by atoms with Crippen LogP contribution in [0.4, 0.5) is 0 Å². The zero-order valence-corrected chi connectivity index (χ0v) is 11.7. The summed E-state index contributed by atoms with van der Waals surface area (Å²) in [6.45, 7) is 1.77. The highest BCUT2D eigenvalue weighted by molar-refractivity contribution is 7.99. The number of amides is 1. The van der Waals surface area contributed by atoms with Gasteiger partial charge in [0.2, 0.25) is 0 Å². The molecule has 100 valence electrons. The van der Waals surface area contributed by atoms with E-state index < -0.39 is 0 Å². The van der Waals surface area contributed by atoms with Gasteiger partial charge in [0.25, 0.3) is 5.91 Å². The lowest BCUT2D eigenvalue weighted by Crippen LogP contribution is -2.34. The molecule has 2 rings (SSSR count). The smallest absolute Gasteiger partial charge is 0.251 e. The number of benzene rings is 1. The van der Waals surface area contributed by atoms with Crippen molar-refractivity contribution < 1.29 is 9.90 Å². The van der Waals surface area contributed by atoms with Crippen LogP contribution in [0, 0.1) is 18.8 Å². The maximum absolute atomic E-state index is 12.1. The molecule has 1 aliphatic rings. The second kappa shape index (κ2) is 6.65. The molecular weight excluding hydrogens is 258 g/mol. The molecule has 0 spiro atoms. The van der Waals surface area contributed by atoms with Crippen molar-refractivity contribution in [3.05, 3.63) is 34.9 Å². The molecule has 1 atom stereocenters. The largest absolute Gasteiger partial charge is 0.384 e. The van der Waals surface area contributed by atoms with Crippen LogP contribution in [0.25, 0.3) is 0 Å². The van der Waals surface area contributed by atoms with Crippen molar-refractivity contribution in [2.24, 2.45) is 0 Å². The number of hydrogen-bond donors (Lipinski definition) is 2. The van der Waals surface area contributed by atoms with E-state index in [1.165, 1.54) is 0 Å². The Bertz CT molecular complexity index is 525. The van der Waals surface area contributed by atoms with E-state index in [2.05, 4.69) is 17.2 Å². The summed E-state index contributed by atoms with van der Waals surface area (Å²) in [5.41, 5.74) is 2.47. The fourth-order valence-electron chi connectivity index (χ4n) is 2.00. The first-order valence-electron chi connectivity index (χ1n) is 6.29. The number of hydrogen-bond acceptors (Lipinski definition) is 3. The molecule has 1 fully saturated rings. The van der Waals surface area contributed by atoms with Crippen LogP contribution in [0.15, 0.2) is 18.2 Å². The summed E-state index contributed by atoms with van der Waals surface area (Å²) in [7, 11) is 0. The number of thioether (sulfide) groups is 1. The van der Waals surface area contributed by atoms with Crippen LogP contribution < -0.4 is 5.32 Å². The summed E-state index contributed by atoms with van der Waals surface area (Å²) in [4.78, 5) is 12.1. The third-order valence-corrected chi connectivity index (χ3v) is 4.22. The standard InChI is InChI=1S/C15H17NO2S/c1-11-9-13(5-4-12(11)3-2-7-17)15(18)16-14-6-8-19-10-14/h4-5,9,14,17H,6-8,10H2,1H3,(H,16,18). The Morgan fingerprint density at radius 2 is 2.42 bits per heavy atom. The number of carbonyl (C=O) groups excluding carboxylic acids is 1. The zero-order chi connectivity index (χ0) is 13.7. The molecule has 1 aliphatic heterocycles. The fraction of sp³-hybridized carbons (Fsp3) is 0.400. The molecule has 3 nitrogen and oxygen atoms in total. The van der Waals surface area contributed by atoms with Gasteiger partial charge in [0.15, 0.2) is 0 Å². The second-order valence-corrected chi connectivity index (χ2v) is 5.67. The van der Waals surface area contributed by atoms with Crippen molar-refractivity contribution >= 4 is 17.7 Å². The van der Waals surface area contributed by atoms with Gasteiger partial charge in [-0.05, 0) is 42.9 Å². The molecule has 19 heavy (non-hydrogen) atoms. The van der Waals surface area contributed by atoms with Crippen LogP contribution in [0.5, 0.6) is 0 Å². The van der Waals surface area contributed by atoms with Gasteiger partial charge in [0.1, 0.15) is 6.61 Å². The van der Waals surface area contributed by atoms with Crippen molar-refractivity contribution in [1.82, 2.24) is 5.32 Å². The van der Waals surface area contributed by atoms with Crippen molar-refractivity contribution in [3.8, 4) is 11.8 Å². The highest BCUT2D eigenvalue weighted by Crippen LogP contribution is 2.18. The van der Waals surface area contributed by atoms with Crippen LogP contribution in [0.1, 0.15) is 27.9 Å². The molecule has 2 N–H and O–H groups in total. The van der Waals surface area contributed by atoms with E-state index in [9.17, 15) is 4.79 Å². The summed E-state index contributed by atoms with van der Waals surface area (Å²) >= 11 is 1.88. The van der Waals surface area contributed by atoms with Gasteiger partial charge in [-0.2, -0.15) is 11.8 Å². The molecule has 1 unspecified atom stereocenters. The first-order chi connectivity index (χ1) is 9.20. The Morgan fingerprint density at radius 3 is 3.05 bits per heavy atom. The lowest BCUT2D eigenvalue weighted by molar-refractivity contribution is 0.0941. The number of carbonyl (C=O) groups is 1. The Hall–Kier alpha value is -1.44. The molecule has 1 aromatic carbocycles. The predicted molar refractivity (Wildman–Crippen MR) is 78.3 cm³/mol. The lowest BCUT2D eigenvalue weighted by atomic mass is 10.0. The van der Waals surface area contributed by atoms with Crippen molar-refractivity contribution in [3.63, 3.8) is 0 Å². The van der Waals surface area contributed by atoms with Gasteiger partial charge in [0.05, 0.1) is 0 Å². The molecule has 0 radical (unpaired) electrons. The molecule has 1 heterocycles. The van der Waals surface area contributed by atoms with Gasteiger partial charge in [-0.3, -0.25) is 4.79 Å². The maximum atomic E-state index is 12.1. The molecule has 4 heteroatoms. The van der Waals surface area contributed by atoms with E-state index in [0.29, 0.717) is 11.6 Å². The molecule has 0 bridgehead atoms. The summed E-state index contributed by atoms with van der Waals surface area (Å²) in [5.74, 6) is 7.59. The van der Waals surface area contributed by atoms with Crippen molar-refractivity contribution in [2.45, 2.75) is 19.4 Å². The third kappa shape index (κ3) is 3.76. The molecule has 1 saturated heterocycles. The Balaban J connectivity index is 2.08. The van der Waals surface area contributed by atoms with Crippen molar-refractivity contribution in [2.75, 3.05) is 18.1 Å². The first-order valence-corrected chi connectivity index (χ1v) is 7.45. The number of rotatable bonds is 2. The summed E-state index contributed by atoms with van der Waals surface area (Å²) < 4.78 is 0. The van der Waals surface area contributed by atoms with E-state index in [-0.39, 0.29) is 12.5 Å². The van der Waals surface area contributed by atoms with E-state index >= 15 is 0 Å². The van der Waals surface area contributed by atoms with Crippen LogP contribution >= 0.6 is 11.8 Å². The van der Waals surface area contributed by atoms with Gasteiger partial charge < -0.3 is 10.4 Å². The minimum absolute atomic E-state index is 0.0164. The van der Waals surface area contributed by atoms with Crippen molar-refractivity contribution in [1.29, 1.82) is 0 Å². The Kier molecular flexibility index (Phi) is 4.89. The SMILES string of the molecule is Cc1cc(C(=O)NC2CCSC2)ccc1C#CCO. The van der Waals surface area contributed by atoms with E-state index in [1.54, 1.807) is 6.07 Å². The number of aliphatic hydroxyl groups excluding tert-OH is 1. The Labute approximate surface area is 117 Å². The van der Waals surface area contributed by atoms with E-state index in [0.717, 1.165) is 29.1 Å². The van der Waals surface area contributed by atoms with E-state index in [4.69, 9.17) is 5.11 Å². The topological polar surface area (TPSA) is 49.3 Å². The minimum atomic E-state index is -0.152. The summed E-state index contributed by atoms with van der Waals surface area (Å²) in [5, 5.41) is 11.7. The third-order valence-electron chi connectivity index (χ3n) is 3.06. The zero-order valence-electron chi connectivity index (χ0n) is 10.9. The van der Waals surface area contributed by atoms with Gasteiger partial charge in [-0.25, -0.2) is 0 Å². The number of nitrogens with one attached hydrogen (secondary N) is 1. The van der Waals surface area contributed by atoms with Gasteiger partial charge in [-0.15, -0.1) is 0 Å². The normalized spacial score (nSPS) is 17.7. The average Bonchev–Trinajstić information content (AvgIpc) is 2.90. The summed E-state index contributed by atoms with van der Waals surface area (Å²) in [6, 6.07) is 5.76. The molecule has 0 aromatic heterocycles. The van der Waals surface area contributed by atoms with Crippen LogP contribution in [-0.4, -0.2) is 35.2 Å². The quantitative estimate of drug-likeness (QED) is 0.806. The molecule has 0 aliphatic carbocycles. The monoisotopic (exact) mass is 275 g/mol. The molecule has 1 aromatic rings. The molecule has 0 saturated carbocycles. The average molecular weight is 275 g/mol. The number of aliphatic hydroxyl groups is 1. The fourth-order valence-corrected chi connectivity index (χ4v) is 3.15. The molecule has 1 amide bonds. The number of aryl methyl sites for hydroxylation is 1. The highest BCUT2D eigenvalue weighted by Gasteiger charge is 2.18. The highest BCUT2D eigenvalue weighted by atomic mass is 32.2. The minimum Gasteiger partial charge on any atom is -0.384 e. The first kappa shape index (κ1) is 14.0. The van der Waals surface area contributed by atoms with Crippen LogP contribution in [0.3, 0.4) is 0 Å².